The molecule has 1 saturated heterocycles. The molecule has 10 heteroatoms. The predicted octanol–water partition coefficient (Wildman–Crippen LogP) is 2.48. The van der Waals surface area contributed by atoms with Gasteiger partial charge in [-0.2, -0.15) is 0 Å². The van der Waals surface area contributed by atoms with Crippen molar-refractivity contribution in [2.45, 2.75) is 50.0 Å². The fraction of sp³-hybridized carbons (Fsp3) is 0.500. The number of amides is 1. The third-order valence-corrected chi connectivity index (χ3v) is 6.28. The lowest BCUT2D eigenvalue weighted by molar-refractivity contribution is -0.116. The monoisotopic (exact) mass is 487 g/mol. The van der Waals surface area contributed by atoms with E-state index < -0.39 is 18.0 Å². The third-order valence-electron chi connectivity index (χ3n) is 5.27. The highest BCUT2D eigenvalue weighted by molar-refractivity contribution is 7.99. The second-order valence-corrected chi connectivity index (χ2v) is 10.0. The number of piperidine rings is 1. The molecule has 0 radical (unpaired) electrons. The fourth-order valence-corrected chi connectivity index (χ4v) is 4.30. The molecule has 1 amide bonds. The largest absolute Gasteiger partial charge is 0.449 e. The molecule has 1 aliphatic rings. The van der Waals surface area contributed by atoms with E-state index in [0.717, 1.165) is 31.5 Å². The zero-order valence-corrected chi connectivity index (χ0v) is 21.3. The number of nitrogens with two attached hydrogens (primary N) is 1. The van der Waals surface area contributed by atoms with Crippen LogP contribution in [-0.4, -0.2) is 62.4 Å². The van der Waals surface area contributed by atoms with E-state index in [0.29, 0.717) is 23.4 Å². The standard InChI is InChI=1S/C24H37N7O2S/c1-15(2)34-19-10-8-18(9-11-19)16(3)31-20(21(25)27-4)24(28-5)33-22(26)23(32)30-14-17-7-6-12-29-13-17/h8-11,15,17,24,26,28-29H,4,6-7,12-14,25H2,1-3,5H3,(H,30,32)/b21-20-,26-22?,31-16?. The van der Waals surface area contributed by atoms with Crippen LogP contribution in [0.25, 0.3) is 0 Å². The topological polar surface area (TPSA) is 137 Å². The van der Waals surface area contributed by atoms with Crippen LogP contribution in [0, 0.1) is 11.3 Å². The van der Waals surface area contributed by atoms with Crippen molar-refractivity contribution in [3.63, 3.8) is 0 Å². The van der Waals surface area contributed by atoms with Crippen molar-refractivity contribution in [1.29, 1.82) is 5.41 Å². The van der Waals surface area contributed by atoms with Gasteiger partial charge in [0.2, 0.25) is 0 Å². The highest BCUT2D eigenvalue weighted by Gasteiger charge is 2.23. The van der Waals surface area contributed by atoms with Crippen LogP contribution in [-0.2, 0) is 9.53 Å². The quantitative estimate of drug-likeness (QED) is 0.149. The number of benzene rings is 1. The predicted molar refractivity (Wildman–Crippen MR) is 141 cm³/mol. The summed E-state index contributed by atoms with van der Waals surface area (Å²) < 4.78 is 5.59. The van der Waals surface area contributed by atoms with Crippen molar-refractivity contribution >= 4 is 36.0 Å². The first kappa shape index (κ1) is 27.6. The summed E-state index contributed by atoms with van der Waals surface area (Å²) in [5.74, 6) is -0.721. The Balaban J connectivity index is 2.11. The van der Waals surface area contributed by atoms with Gasteiger partial charge in [-0.3, -0.25) is 15.5 Å². The number of thioether (sulfide) groups is 1. The van der Waals surface area contributed by atoms with Crippen molar-refractivity contribution in [2.24, 2.45) is 21.6 Å². The first-order valence-corrected chi connectivity index (χ1v) is 12.3. The van der Waals surface area contributed by atoms with E-state index in [1.54, 1.807) is 18.8 Å². The van der Waals surface area contributed by atoms with E-state index in [-0.39, 0.29) is 11.5 Å². The molecular formula is C24H37N7O2S. The van der Waals surface area contributed by atoms with Crippen LogP contribution in [0.3, 0.4) is 0 Å². The van der Waals surface area contributed by atoms with Crippen molar-refractivity contribution in [3.8, 4) is 0 Å². The molecule has 0 spiro atoms. The maximum Gasteiger partial charge on any atom is 0.306 e. The molecule has 0 bridgehead atoms. The van der Waals surface area contributed by atoms with Gasteiger partial charge in [-0.15, -0.1) is 11.8 Å². The van der Waals surface area contributed by atoms with E-state index in [1.807, 2.05) is 31.2 Å². The Kier molecular flexibility index (Phi) is 11.2. The minimum Gasteiger partial charge on any atom is -0.449 e. The molecule has 0 saturated carbocycles. The van der Waals surface area contributed by atoms with Crippen LogP contribution < -0.4 is 21.7 Å². The van der Waals surface area contributed by atoms with E-state index in [1.165, 1.54) is 4.90 Å². The Morgan fingerprint density at radius 1 is 1.38 bits per heavy atom. The maximum atomic E-state index is 12.4. The fourth-order valence-electron chi connectivity index (χ4n) is 3.46. The van der Waals surface area contributed by atoms with Crippen LogP contribution in [0.15, 0.2) is 50.7 Å². The molecule has 1 aliphatic heterocycles. The molecule has 1 heterocycles. The number of hydrogen-bond acceptors (Lipinski definition) is 9. The summed E-state index contributed by atoms with van der Waals surface area (Å²) in [5.41, 5.74) is 7.89. The Labute approximate surface area is 206 Å². The van der Waals surface area contributed by atoms with Crippen molar-refractivity contribution in [3.05, 3.63) is 41.3 Å². The summed E-state index contributed by atoms with van der Waals surface area (Å²) in [7, 11) is 1.63. The second kappa shape index (κ2) is 13.9. The third kappa shape index (κ3) is 8.58. The molecule has 0 aromatic heterocycles. The number of rotatable bonds is 10. The van der Waals surface area contributed by atoms with E-state index >= 15 is 0 Å². The molecule has 6 N–H and O–H groups in total. The van der Waals surface area contributed by atoms with Gasteiger partial charge >= 0.3 is 5.91 Å². The van der Waals surface area contributed by atoms with E-state index in [4.69, 9.17) is 15.9 Å². The zero-order valence-electron chi connectivity index (χ0n) is 20.5. The molecule has 0 aliphatic carbocycles. The van der Waals surface area contributed by atoms with Gasteiger partial charge in [-0.05, 0) is 70.2 Å². The first-order chi connectivity index (χ1) is 16.2. The Morgan fingerprint density at radius 3 is 2.65 bits per heavy atom. The minimum atomic E-state index is -0.953. The molecule has 2 rings (SSSR count). The molecule has 1 fully saturated rings. The summed E-state index contributed by atoms with van der Waals surface area (Å²) in [6.07, 6.45) is 1.17. The SMILES string of the molecule is C=N/C(N)=C(\N=C(C)c1ccc(SC(C)C)cc1)C(NC)OC(=N)C(=O)NCC1CCCNC1. The molecule has 2 unspecified atom stereocenters. The van der Waals surface area contributed by atoms with Gasteiger partial charge in [0.1, 0.15) is 11.5 Å². The van der Waals surface area contributed by atoms with Crippen LogP contribution in [0.5, 0.6) is 0 Å². The number of likely N-dealkylation sites (N-methyl/N-ethyl adjacent to an activating group) is 1. The molecule has 2 atom stereocenters. The smallest absolute Gasteiger partial charge is 0.306 e. The summed E-state index contributed by atoms with van der Waals surface area (Å²) in [4.78, 5) is 22.0. The highest BCUT2D eigenvalue weighted by atomic mass is 32.2. The van der Waals surface area contributed by atoms with Gasteiger partial charge < -0.3 is 21.1 Å². The van der Waals surface area contributed by atoms with Crippen LogP contribution in [0.2, 0.25) is 0 Å². The lowest BCUT2D eigenvalue weighted by atomic mass is 10.00. The highest BCUT2D eigenvalue weighted by Crippen LogP contribution is 2.23. The maximum absolute atomic E-state index is 12.4. The molecule has 9 nitrogen and oxygen atoms in total. The number of aliphatic imine (C=N–C) groups is 2. The van der Waals surface area contributed by atoms with E-state index in [9.17, 15) is 4.79 Å². The average Bonchev–Trinajstić information content (AvgIpc) is 2.84. The van der Waals surface area contributed by atoms with Crippen molar-refractivity contribution in [2.75, 3.05) is 26.7 Å². The number of hydrogen-bond donors (Lipinski definition) is 5. The Hall–Kier alpha value is -2.69. The average molecular weight is 488 g/mol. The normalized spacial score (nSPS) is 18.1. The van der Waals surface area contributed by atoms with Crippen molar-refractivity contribution < 1.29 is 9.53 Å². The van der Waals surface area contributed by atoms with Gasteiger partial charge in [-0.25, -0.2) is 9.98 Å². The number of nitrogens with zero attached hydrogens (tertiary/aromatic N) is 2. The Bertz CT molecular complexity index is 906. The lowest BCUT2D eigenvalue weighted by Crippen LogP contribution is -2.43. The zero-order chi connectivity index (χ0) is 25.1. The van der Waals surface area contributed by atoms with Gasteiger partial charge in [0.15, 0.2) is 6.23 Å². The van der Waals surface area contributed by atoms with Gasteiger partial charge in [0, 0.05) is 22.4 Å². The molecule has 34 heavy (non-hydrogen) atoms. The summed E-state index contributed by atoms with van der Waals surface area (Å²) in [6.45, 7) is 12.0. The first-order valence-electron chi connectivity index (χ1n) is 11.4. The van der Waals surface area contributed by atoms with Crippen LogP contribution in [0.1, 0.15) is 39.2 Å². The summed E-state index contributed by atoms with van der Waals surface area (Å²) in [6, 6.07) is 8.07. The summed E-state index contributed by atoms with van der Waals surface area (Å²) >= 11 is 1.78. The Morgan fingerprint density at radius 2 is 2.09 bits per heavy atom. The summed E-state index contributed by atoms with van der Waals surface area (Å²) in [5, 5.41) is 17.6. The number of nitrogens with one attached hydrogen (secondary N) is 4. The van der Waals surface area contributed by atoms with Gasteiger partial charge in [0.25, 0.3) is 5.90 Å². The van der Waals surface area contributed by atoms with Crippen LogP contribution >= 0.6 is 11.8 Å². The van der Waals surface area contributed by atoms with Gasteiger partial charge in [0.05, 0.1) is 0 Å². The molecular weight excluding hydrogens is 450 g/mol. The minimum absolute atomic E-state index is 0.0483. The van der Waals surface area contributed by atoms with Gasteiger partial charge in [-0.1, -0.05) is 26.0 Å². The number of carbonyl (C=O) groups is 1. The number of carbonyl (C=O) groups excluding carboxylic acids is 1. The lowest BCUT2D eigenvalue weighted by Gasteiger charge is -2.23. The molecule has 186 valence electrons. The molecule has 1 aromatic carbocycles. The van der Waals surface area contributed by atoms with Crippen LogP contribution in [0.4, 0.5) is 0 Å². The second-order valence-electron chi connectivity index (χ2n) is 8.35. The molecule has 1 aromatic rings. The number of ether oxygens (including phenoxy) is 1. The van der Waals surface area contributed by atoms with Crippen molar-refractivity contribution in [1.82, 2.24) is 16.0 Å². The van der Waals surface area contributed by atoms with E-state index in [2.05, 4.69) is 46.5 Å².